The number of anilines is 1. The highest BCUT2D eigenvalue weighted by Gasteiger charge is 2.26. The first-order chi connectivity index (χ1) is 14.0. The van der Waals surface area contributed by atoms with Crippen LogP contribution in [-0.2, 0) is 6.54 Å². The highest BCUT2D eigenvalue weighted by molar-refractivity contribution is 7.17. The molecule has 1 saturated heterocycles. The second-order valence-corrected chi connectivity index (χ2v) is 8.86. The molecule has 29 heavy (non-hydrogen) atoms. The fourth-order valence-electron chi connectivity index (χ4n) is 3.77. The van der Waals surface area contributed by atoms with Crippen LogP contribution in [0.1, 0.15) is 27.2 Å². The van der Waals surface area contributed by atoms with Gasteiger partial charge in [-0.2, -0.15) is 0 Å². The highest BCUT2D eigenvalue weighted by Crippen LogP contribution is 2.33. The summed E-state index contributed by atoms with van der Waals surface area (Å²) in [5.41, 5.74) is 10.6. The summed E-state index contributed by atoms with van der Waals surface area (Å²) in [6.07, 6.45) is 0.891. The van der Waals surface area contributed by atoms with Crippen molar-refractivity contribution in [2.75, 3.05) is 25.0 Å². The van der Waals surface area contributed by atoms with Crippen molar-refractivity contribution in [1.82, 2.24) is 4.90 Å². The Kier molecular flexibility index (Phi) is 5.69. The van der Waals surface area contributed by atoms with E-state index in [2.05, 4.69) is 66.5 Å². The van der Waals surface area contributed by atoms with E-state index in [9.17, 15) is 4.79 Å². The Morgan fingerprint density at radius 2 is 1.90 bits per heavy atom. The van der Waals surface area contributed by atoms with Gasteiger partial charge in [0.25, 0.3) is 5.91 Å². The van der Waals surface area contributed by atoms with Crippen molar-refractivity contribution in [3.8, 4) is 10.4 Å². The van der Waals surface area contributed by atoms with Crippen molar-refractivity contribution in [2.24, 2.45) is 5.73 Å². The maximum Gasteiger partial charge on any atom is 0.264 e. The summed E-state index contributed by atoms with van der Waals surface area (Å²) in [5.74, 6) is 0.118. The van der Waals surface area contributed by atoms with Gasteiger partial charge in [0.15, 0.2) is 0 Å². The minimum atomic E-state index is 0.111. The van der Waals surface area contributed by atoms with Crippen LogP contribution in [0.25, 0.3) is 10.4 Å². The van der Waals surface area contributed by atoms with Crippen molar-refractivity contribution in [2.45, 2.75) is 25.9 Å². The average molecular weight is 406 g/mol. The monoisotopic (exact) mass is 405 g/mol. The number of amides is 1. The molecule has 3 aromatic rings. The molecule has 0 spiro atoms. The summed E-state index contributed by atoms with van der Waals surface area (Å²) >= 11 is 1.58. The Hall–Kier alpha value is -2.63. The smallest absolute Gasteiger partial charge is 0.264 e. The standard InChI is InChI=1S/C24H27N3OS/c1-17-14-22(29-23(17)24(28)27-13-12-20(25)16-27)19-10-8-18(9-11-19)15-26(2)21-6-4-3-5-7-21/h3-11,14,20H,12-13,15-16,25H2,1-2H3/t20-/m0/s1. The molecule has 5 heteroatoms. The van der Waals surface area contributed by atoms with E-state index in [1.807, 2.05) is 17.9 Å². The zero-order chi connectivity index (χ0) is 20.4. The predicted octanol–water partition coefficient (Wildman–Crippen LogP) is 4.53. The summed E-state index contributed by atoms with van der Waals surface area (Å²) in [6.45, 7) is 4.30. The maximum absolute atomic E-state index is 12.8. The average Bonchev–Trinajstić information content (AvgIpc) is 3.34. The molecule has 1 fully saturated rings. The first kappa shape index (κ1) is 19.7. The van der Waals surface area contributed by atoms with Gasteiger partial charge in [-0.15, -0.1) is 11.3 Å². The molecule has 0 bridgehead atoms. The minimum absolute atomic E-state index is 0.111. The van der Waals surface area contributed by atoms with Crippen LogP contribution in [0.2, 0.25) is 0 Å². The van der Waals surface area contributed by atoms with Crippen LogP contribution in [0.3, 0.4) is 0 Å². The van der Waals surface area contributed by atoms with Crippen LogP contribution in [0.4, 0.5) is 5.69 Å². The molecule has 1 aliphatic heterocycles. The van der Waals surface area contributed by atoms with Crippen LogP contribution < -0.4 is 10.6 Å². The number of hydrogen-bond donors (Lipinski definition) is 1. The molecule has 4 rings (SSSR count). The number of nitrogens with zero attached hydrogens (tertiary/aromatic N) is 2. The summed E-state index contributed by atoms with van der Waals surface area (Å²) in [4.78, 5) is 18.9. The molecule has 1 aromatic heterocycles. The number of carbonyl (C=O) groups excluding carboxylic acids is 1. The van der Waals surface area contributed by atoms with E-state index in [1.165, 1.54) is 11.3 Å². The molecule has 1 atom stereocenters. The number of benzene rings is 2. The zero-order valence-corrected chi connectivity index (χ0v) is 17.8. The molecule has 0 radical (unpaired) electrons. The van der Waals surface area contributed by atoms with E-state index in [-0.39, 0.29) is 11.9 Å². The minimum Gasteiger partial charge on any atom is -0.370 e. The third-order valence-corrected chi connectivity index (χ3v) is 6.75. The van der Waals surface area contributed by atoms with E-state index >= 15 is 0 Å². The van der Waals surface area contributed by atoms with Crippen LogP contribution in [0.15, 0.2) is 60.7 Å². The van der Waals surface area contributed by atoms with Crippen molar-refractivity contribution < 1.29 is 4.79 Å². The molecule has 1 aliphatic rings. The SMILES string of the molecule is Cc1cc(-c2ccc(CN(C)c3ccccc3)cc2)sc1C(=O)N1CC[C@H](N)C1. The van der Waals surface area contributed by atoms with Gasteiger partial charge in [0.2, 0.25) is 0 Å². The molecule has 2 heterocycles. The van der Waals surface area contributed by atoms with Crippen molar-refractivity contribution in [1.29, 1.82) is 0 Å². The number of nitrogens with two attached hydrogens (primary N) is 1. The molecule has 4 nitrogen and oxygen atoms in total. The lowest BCUT2D eigenvalue weighted by Crippen LogP contribution is -2.31. The van der Waals surface area contributed by atoms with E-state index in [4.69, 9.17) is 5.73 Å². The number of carbonyl (C=O) groups is 1. The molecular formula is C24H27N3OS. The molecule has 2 N–H and O–H groups in total. The Balaban J connectivity index is 1.47. The normalized spacial score (nSPS) is 16.2. The van der Waals surface area contributed by atoms with Gasteiger partial charge >= 0.3 is 0 Å². The van der Waals surface area contributed by atoms with Gasteiger partial charge in [-0.3, -0.25) is 4.79 Å². The Bertz CT molecular complexity index is 981. The first-order valence-corrected chi connectivity index (χ1v) is 10.8. The van der Waals surface area contributed by atoms with Crippen molar-refractivity contribution in [3.63, 3.8) is 0 Å². The predicted molar refractivity (Wildman–Crippen MR) is 122 cm³/mol. The van der Waals surface area contributed by atoms with Crippen LogP contribution in [-0.4, -0.2) is 37.0 Å². The number of aryl methyl sites for hydroxylation is 1. The second-order valence-electron chi connectivity index (χ2n) is 7.81. The molecule has 0 saturated carbocycles. The number of para-hydroxylation sites is 1. The molecule has 0 aliphatic carbocycles. The van der Waals surface area contributed by atoms with Gasteiger partial charge in [-0.05, 0) is 48.2 Å². The molecule has 2 aromatic carbocycles. The number of likely N-dealkylation sites (tertiary alicyclic amines) is 1. The highest BCUT2D eigenvalue weighted by atomic mass is 32.1. The summed E-state index contributed by atoms with van der Waals surface area (Å²) < 4.78 is 0. The quantitative estimate of drug-likeness (QED) is 0.678. The summed E-state index contributed by atoms with van der Waals surface area (Å²) in [7, 11) is 2.11. The fraction of sp³-hybridized carbons (Fsp3) is 0.292. The van der Waals surface area contributed by atoms with Gasteiger partial charge in [-0.25, -0.2) is 0 Å². The zero-order valence-electron chi connectivity index (χ0n) is 17.0. The summed E-state index contributed by atoms with van der Waals surface area (Å²) in [6, 6.07) is 21.3. The number of thiophene rings is 1. The third-order valence-electron chi connectivity index (χ3n) is 5.48. The number of rotatable bonds is 5. The fourth-order valence-corrected chi connectivity index (χ4v) is 4.92. The van der Waals surface area contributed by atoms with E-state index in [0.717, 1.165) is 40.4 Å². The maximum atomic E-state index is 12.8. The van der Waals surface area contributed by atoms with Gasteiger partial charge in [0.1, 0.15) is 0 Å². The number of hydrogen-bond acceptors (Lipinski definition) is 4. The first-order valence-electron chi connectivity index (χ1n) is 10.0. The van der Waals surface area contributed by atoms with Gasteiger partial charge < -0.3 is 15.5 Å². The third kappa shape index (κ3) is 4.36. The van der Waals surface area contributed by atoms with E-state index in [1.54, 1.807) is 11.3 Å². The Morgan fingerprint density at radius 3 is 2.55 bits per heavy atom. The van der Waals surface area contributed by atoms with Gasteiger partial charge in [0, 0.05) is 43.3 Å². The Labute approximate surface area is 176 Å². The van der Waals surface area contributed by atoms with Crippen LogP contribution in [0, 0.1) is 6.92 Å². The Morgan fingerprint density at radius 1 is 1.17 bits per heavy atom. The van der Waals surface area contributed by atoms with Gasteiger partial charge in [-0.1, -0.05) is 42.5 Å². The topological polar surface area (TPSA) is 49.6 Å². The lowest BCUT2D eigenvalue weighted by molar-refractivity contribution is 0.0795. The van der Waals surface area contributed by atoms with Gasteiger partial charge in [0.05, 0.1) is 4.88 Å². The van der Waals surface area contributed by atoms with Crippen LogP contribution >= 0.6 is 11.3 Å². The van der Waals surface area contributed by atoms with Crippen LogP contribution in [0.5, 0.6) is 0 Å². The molecule has 150 valence electrons. The molecule has 0 unspecified atom stereocenters. The van der Waals surface area contributed by atoms with Crippen molar-refractivity contribution in [3.05, 3.63) is 76.7 Å². The van der Waals surface area contributed by atoms with E-state index < -0.39 is 0 Å². The lowest BCUT2D eigenvalue weighted by Gasteiger charge is -2.19. The summed E-state index contributed by atoms with van der Waals surface area (Å²) in [5, 5.41) is 0. The second kappa shape index (κ2) is 8.39. The van der Waals surface area contributed by atoms with Crippen molar-refractivity contribution >= 4 is 22.9 Å². The largest absolute Gasteiger partial charge is 0.370 e. The molecular weight excluding hydrogens is 378 g/mol. The molecule has 1 amide bonds. The van der Waals surface area contributed by atoms with E-state index in [0.29, 0.717) is 6.54 Å². The lowest BCUT2D eigenvalue weighted by atomic mass is 10.1.